The van der Waals surface area contributed by atoms with E-state index in [1.165, 1.54) is 6.42 Å². The fraction of sp³-hybridized carbons (Fsp3) is 1.00. The summed E-state index contributed by atoms with van der Waals surface area (Å²) in [4.78, 5) is 0. The van der Waals surface area contributed by atoms with Crippen LogP contribution in [0.2, 0.25) is 0 Å². The zero-order valence-electron chi connectivity index (χ0n) is 11.7. The molecule has 1 rings (SSSR count). The van der Waals surface area contributed by atoms with Gasteiger partial charge in [0.05, 0.1) is 18.2 Å². The molecule has 0 spiro atoms. The zero-order chi connectivity index (χ0) is 12.5. The summed E-state index contributed by atoms with van der Waals surface area (Å²) in [7, 11) is 1.97. The second-order valence-electron chi connectivity index (χ2n) is 6.67. The Morgan fingerprint density at radius 3 is 2.31 bits per heavy atom. The lowest BCUT2D eigenvalue weighted by atomic mass is 9.73. The van der Waals surface area contributed by atoms with E-state index in [0.717, 1.165) is 6.42 Å². The second-order valence-corrected chi connectivity index (χ2v) is 6.67. The van der Waals surface area contributed by atoms with Gasteiger partial charge in [0.25, 0.3) is 0 Å². The summed E-state index contributed by atoms with van der Waals surface area (Å²) in [6.45, 7) is 11.2. The van der Waals surface area contributed by atoms with Gasteiger partial charge in [0.15, 0.2) is 0 Å². The topological polar surface area (TPSA) is 29.5 Å². The van der Waals surface area contributed by atoms with Crippen molar-refractivity contribution >= 4 is 7.85 Å². The Bertz CT molecular complexity index is 228. The van der Waals surface area contributed by atoms with Crippen LogP contribution in [0.15, 0.2) is 0 Å². The van der Waals surface area contributed by atoms with Crippen molar-refractivity contribution in [3.8, 4) is 0 Å². The van der Waals surface area contributed by atoms with Gasteiger partial charge in [-0.2, -0.15) is 0 Å². The highest BCUT2D eigenvalue weighted by atomic mass is 16.5. The molecule has 0 aliphatic carbocycles. The lowest BCUT2D eigenvalue weighted by molar-refractivity contribution is 0.0670. The minimum atomic E-state index is -0.290. The molecular weight excluding hydrogens is 199 g/mol. The standard InChI is InChI=1S/C13H27BO2/c1-8(2)6-13(4,5)7-10-9(3)16-12(14)11(10)15/h8-12,15H,6-7,14H2,1-5H3. The molecule has 0 aromatic rings. The van der Waals surface area contributed by atoms with Crippen LogP contribution < -0.4 is 0 Å². The number of hydrogen-bond donors (Lipinski definition) is 1. The van der Waals surface area contributed by atoms with Crippen molar-refractivity contribution in [3.63, 3.8) is 0 Å². The Morgan fingerprint density at radius 2 is 1.94 bits per heavy atom. The van der Waals surface area contributed by atoms with Gasteiger partial charge in [0.1, 0.15) is 7.85 Å². The molecule has 4 unspecified atom stereocenters. The van der Waals surface area contributed by atoms with Gasteiger partial charge in [0, 0.05) is 5.92 Å². The second kappa shape index (κ2) is 5.09. The van der Waals surface area contributed by atoms with Gasteiger partial charge < -0.3 is 9.84 Å². The van der Waals surface area contributed by atoms with Crippen molar-refractivity contribution in [2.24, 2.45) is 17.3 Å². The maximum atomic E-state index is 10.1. The molecule has 2 nitrogen and oxygen atoms in total. The Morgan fingerprint density at radius 1 is 1.38 bits per heavy atom. The third-order valence-corrected chi connectivity index (χ3v) is 3.70. The van der Waals surface area contributed by atoms with Crippen LogP contribution in [0, 0.1) is 17.3 Å². The molecule has 1 fully saturated rings. The van der Waals surface area contributed by atoms with E-state index in [4.69, 9.17) is 4.74 Å². The first-order valence-corrected chi connectivity index (χ1v) is 6.56. The Hall–Kier alpha value is -0.0151. The number of aliphatic hydroxyl groups excluding tert-OH is 1. The van der Waals surface area contributed by atoms with E-state index in [-0.39, 0.29) is 18.2 Å². The fourth-order valence-electron chi connectivity index (χ4n) is 3.26. The van der Waals surface area contributed by atoms with Crippen LogP contribution in [0.3, 0.4) is 0 Å². The summed E-state index contributed by atoms with van der Waals surface area (Å²) in [6.07, 6.45) is 2.16. The average Bonchev–Trinajstić information content (AvgIpc) is 2.29. The van der Waals surface area contributed by atoms with Crippen molar-refractivity contribution in [1.82, 2.24) is 0 Å². The monoisotopic (exact) mass is 226 g/mol. The lowest BCUT2D eigenvalue weighted by Crippen LogP contribution is -2.31. The molecule has 1 aliphatic rings. The molecule has 1 aliphatic heterocycles. The van der Waals surface area contributed by atoms with E-state index >= 15 is 0 Å². The lowest BCUT2D eigenvalue weighted by Gasteiger charge is -2.32. The smallest absolute Gasteiger partial charge is 0.142 e. The van der Waals surface area contributed by atoms with E-state index in [1.54, 1.807) is 0 Å². The van der Waals surface area contributed by atoms with Crippen molar-refractivity contribution in [1.29, 1.82) is 0 Å². The molecule has 0 aromatic heterocycles. The summed E-state index contributed by atoms with van der Waals surface area (Å²) in [5, 5.41) is 10.1. The molecule has 0 saturated carbocycles. The SMILES string of the molecule is BC1OC(C)C(CC(C)(C)CC(C)C)C1O. The van der Waals surface area contributed by atoms with Crippen LogP contribution in [0.25, 0.3) is 0 Å². The van der Waals surface area contributed by atoms with E-state index in [1.807, 2.05) is 7.85 Å². The molecule has 16 heavy (non-hydrogen) atoms. The highest BCUT2D eigenvalue weighted by Gasteiger charge is 2.41. The number of aliphatic hydroxyl groups is 1. The Labute approximate surface area is 101 Å². The van der Waals surface area contributed by atoms with Gasteiger partial charge in [0.2, 0.25) is 0 Å². The van der Waals surface area contributed by atoms with Crippen molar-refractivity contribution in [2.45, 2.75) is 65.7 Å². The van der Waals surface area contributed by atoms with Gasteiger partial charge in [-0.1, -0.05) is 27.7 Å². The van der Waals surface area contributed by atoms with Crippen molar-refractivity contribution in [3.05, 3.63) is 0 Å². The maximum Gasteiger partial charge on any atom is 0.142 e. The average molecular weight is 226 g/mol. The van der Waals surface area contributed by atoms with Gasteiger partial charge in [-0.15, -0.1) is 0 Å². The van der Waals surface area contributed by atoms with Gasteiger partial charge >= 0.3 is 0 Å². The summed E-state index contributed by atoms with van der Waals surface area (Å²) in [5.41, 5.74) is 0.293. The Kier molecular flexibility index (Phi) is 4.47. The highest BCUT2D eigenvalue weighted by Crippen LogP contribution is 2.39. The zero-order valence-corrected chi connectivity index (χ0v) is 11.7. The fourth-order valence-corrected chi connectivity index (χ4v) is 3.26. The Balaban J connectivity index is 2.59. The first-order chi connectivity index (χ1) is 7.23. The first-order valence-electron chi connectivity index (χ1n) is 6.56. The molecule has 1 saturated heterocycles. The first kappa shape index (κ1) is 14.0. The normalized spacial score (nSPS) is 35.9. The quantitative estimate of drug-likeness (QED) is 0.741. The summed E-state index contributed by atoms with van der Waals surface area (Å²) < 4.78 is 5.69. The van der Waals surface area contributed by atoms with Crippen LogP contribution in [0.4, 0.5) is 0 Å². The van der Waals surface area contributed by atoms with Gasteiger partial charge in [-0.3, -0.25) is 0 Å². The largest absolute Gasteiger partial charge is 0.391 e. The number of rotatable bonds is 4. The molecule has 0 radical (unpaired) electrons. The maximum absolute atomic E-state index is 10.1. The predicted octanol–water partition coefficient (Wildman–Crippen LogP) is 1.80. The van der Waals surface area contributed by atoms with E-state index in [9.17, 15) is 5.11 Å². The minimum absolute atomic E-state index is 0.00477. The number of ether oxygens (including phenoxy) is 1. The van der Waals surface area contributed by atoms with E-state index < -0.39 is 0 Å². The summed E-state index contributed by atoms with van der Waals surface area (Å²) >= 11 is 0. The molecule has 0 amide bonds. The van der Waals surface area contributed by atoms with E-state index in [2.05, 4.69) is 34.6 Å². The minimum Gasteiger partial charge on any atom is -0.391 e. The van der Waals surface area contributed by atoms with Crippen molar-refractivity contribution < 1.29 is 9.84 Å². The molecule has 1 N–H and O–H groups in total. The van der Waals surface area contributed by atoms with Gasteiger partial charge in [-0.05, 0) is 31.1 Å². The third-order valence-electron chi connectivity index (χ3n) is 3.70. The molecule has 0 aromatic carbocycles. The van der Waals surface area contributed by atoms with Crippen LogP contribution in [-0.4, -0.2) is 31.2 Å². The molecule has 94 valence electrons. The van der Waals surface area contributed by atoms with Crippen LogP contribution in [-0.2, 0) is 4.74 Å². The van der Waals surface area contributed by atoms with Crippen LogP contribution >= 0.6 is 0 Å². The molecule has 4 atom stereocenters. The van der Waals surface area contributed by atoms with Gasteiger partial charge in [-0.25, -0.2) is 0 Å². The predicted molar refractivity (Wildman–Crippen MR) is 70.2 cm³/mol. The molecular formula is C13H27BO2. The number of hydrogen-bond acceptors (Lipinski definition) is 2. The summed E-state index contributed by atoms with van der Waals surface area (Å²) in [5.74, 6) is 1.01. The summed E-state index contributed by atoms with van der Waals surface area (Å²) in [6, 6.07) is -0.00477. The molecule has 0 bridgehead atoms. The third kappa shape index (κ3) is 3.49. The highest BCUT2D eigenvalue weighted by molar-refractivity contribution is 6.11. The molecule has 3 heteroatoms. The van der Waals surface area contributed by atoms with Crippen LogP contribution in [0.1, 0.15) is 47.5 Å². The van der Waals surface area contributed by atoms with Crippen LogP contribution in [0.5, 0.6) is 0 Å². The molecule has 1 heterocycles. The van der Waals surface area contributed by atoms with E-state index in [0.29, 0.717) is 17.3 Å². The van der Waals surface area contributed by atoms with Crippen molar-refractivity contribution in [2.75, 3.05) is 0 Å².